The first-order valence-electron chi connectivity index (χ1n) is 5.99. The van der Waals surface area contributed by atoms with Gasteiger partial charge in [-0.15, -0.1) is 17.9 Å². The maximum atomic E-state index is 12.3. The van der Waals surface area contributed by atoms with Gasteiger partial charge in [0, 0.05) is 25.0 Å². The minimum absolute atomic E-state index is 0.300. The number of hydrogen-bond acceptors (Lipinski definition) is 4. The molecule has 0 saturated heterocycles. The fourth-order valence-electron chi connectivity index (χ4n) is 1.50. The fourth-order valence-corrected chi connectivity index (χ4v) is 5.24. The molecule has 0 amide bonds. The van der Waals surface area contributed by atoms with Crippen molar-refractivity contribution >= 4 is 37.3 Å². The van der Waals surface area contributed by atoms with E-state index in [2.05, 4.69) is 34.7 Å². The Morgan fingerprint density at radius 3 is 2.84 bits per heavy atom. The summed E-state index contributed by atoms with van der Waals surface area (Å²) in [5, 5.41) is 3.26. The van der Waals surface area contributed by atoms with Crippen molar-refractivity contribution < 1.29 is 8.42 Å². The molecule has 0 unspecified atom stereocenters. The monoisotopic (exact) mass is 366 g/mol. The van der Waals surface area contributed by atoms with Gasteiger partial charge < -0.3 is 5.32 Å². The lowest BCUT2D eigenvalue weighted by Gasteiger charge is -2.14. The van der Waals surface area contributed by atoms with E-state index in [0.29, 0.717) is 21.8 Å². The van der Waals surface area contributed by atoms with Gasteiger partial charge in [-0.25, -0.2) is 8.42 Å². The lowest BCUT2D eigenvalue weighted by molar-refractivity contribution is 0.499. The molecule has 0 radical (unpaired) electrons. The molecule has 0 aliphatic heterocycles. The van der Waals surface area contributed by atoms with Gasteiger partial charge in [0.05, 0.1) is 3.79 Å². The van der Waals surface area contributed by atoms with Gasteiger partial charge in [0.25, 0.3) is 0 Å². The van der Waals surface area contributed by atoms with Crippen LogP contribution in [0.3, 0.4) is 0 Å². The zero-order chi connectivity index (χ0) is 14.5. The number of thiophene rings is 1. The van der Waals surface area contributed by atoms with E-state index in [1.54, 1.807) is 19.2 Å². The van der Waals surface area contributed by atoms with Gasteiger partial charge in [-0.05, 0) is 35.0 Å². The normalized spacial score (nSPS) is 12.0. The highest BCUT2D eigenvalue weighted by atomic mass is 79.9. The molecule has 0 aliphatic carbocycles. The molecule has 0 spiro atoms. The van der Waals surface area contributed by atoms with Crippen molar-refractivity contribution in [3.05, 3.63) is 27.4 Å². The summed E-state index contributed by atoms with van der Waals surface area (Å²) in [6.45, 7) is 7.57. The molecule has 1 aromatic rings. The van der Waals surface area contributed by atoms with Crippen molar-refractivity contribution in [3.8, 4) is 0 Å². The van der Waals surface area contributed by atoms with Crippen LogP contribution in [0.4, 0.5) is 0 Å². The average molecular weight is 367 g/mol. The van der Waals surface area contributed by atoms with Gasteiger partial charge >= 0.3 is 0 Å². The van der Waals surface area contributed by atoms with E-state index in [1.165, 1.54) is 15.6 Å². The van der Waals surface area contributed by atoms with Gasteiger partial charge in [-0.2, -0.15) is 4.31 Å². The molecule has 0 bridgehead atoms. The molecular formula is C12H19BrN2O2S2. The van der Waals surface area contributed by atoms with Crippen LogP contribution < -0.4 is 5.32 Å². The summed E-state index contributed by atoms with van der Waals surface area (Å²) in [6.07, 6.45) is 2.63. The Morgan fingerprint density at radius 1 is 1.58 bits per heavy atom. The van der Waals surface area contributed by atoms with Gasteiger partial charge in [0.1, 0.15) is 4.90 Å². The first kappa shape index (κ1) is 16.8. The van der Waals surface area contributed by atoms with E-state index in [-0.39, 0.29) is 0 Å². The summed E-state index contributed by atoms with van der Waals surface area (Å²) in [6, 6.07) is 1.73. The molecule has 0 atom stereocenters. The summed E-state index contributed by atoms with van der Waals surface area (Å²) in [5.74, 6) is 0. The Labute approximate surface area is 127 Å². The van der Waals surface area contributed by atoms with Crippen LogP contribution in [0.25, 0.3) is 0 Å². The number of rotatable bonds is 8. The standard InChI is InChI=1S/C12H19BrN2O2S2/c1-4-6-14-9-10-8-11(12(13)18-10)19(16,17)15(3)7-5-2/h5,8,14H,2,4,6-7,9H2,1,3H3. The smallest absolute Gasteiger partial charge is 0.245 e. The second kappa shape index (κ2) is 7.54. The minimum atomic E-state index is -3.44. The zero-order valence-corrected chi connectivity index (χ0v) is 14.4. The number of hydrogen-bond donors (Lipinski definition) is 1. The number of halogens is 1. The van der Waals surface area contributed by atoms with Gasteiger partial charge in [0.15, 0.2) is 0 Å². The minimum Gasteiger partial charge on any atom is -0.312 e. The van der Waals surface area contributed by atoms with Crippen molar-refractivity contribution in [1.82, 2.24) is 9.62 Å². The summed E-state index contributed by atoms with van der Waals surface area (Å²) in [5.41, 5.74) is 0. The van der Waals surface area contributed by atoms with Crippen LogP contribution in [-0.2, 0) is 16.6 Å². The lowest BCUT2D eigenvalue weighted by Crippen LogP contribution is -2.26. The van der Waals surface area contributed by atoms with Crippen molar-refractivity contribution in [2.24, 2.45) is 0 Å². The molecule has 0 aliphatic rings. The lowest BCUT2D eigenvalue weighted by atomic mass is 10.4. The van der Waals surface area contributed by atoms with Gasteiger partial charge in [-0.1, -0.05) is 13.0 Å². The number of nitrogens with zero attached hydrogens (tertiary/aromatic N) is 1. The number of sulfonamides is 1. The van der Waals surface area contributed by atoms with Crippen LogP contribution in [0.5, 0.6) is 0 Å². The summed E-state index contributed by atoms with van der Waals surface area (Å²) in [4.78, 5) is 1.33. The van der Waals surface area contributed by atoms with Crippen LogP contribution in [0.15, 0.2) is 27.4 Å². The maximum absolute atomic E-state index is 12.3. The Kier molecular flexibility index (Phi) is 6.68. The Bertz CT molecular complexity index is 526. The van der Waals surface area contributed by atoms with Crippen LogP contribution >= 0.6 is 27.3 Å². The van der Waals surface area contributed by atoms with Crippen LogP contribution in [-0.4, -0.2) is 32.9 Å². The molecular weight excluding hydrogens is 348 g/mol. The van der Waals surface area contributed by atoms with Crippen LogP contribution in [0.1, 0.15) is 18.2 Å². The predicted octanol–water partition coefficient (Wildman–Crippen LogP) is 2.82. The summed E-state index contributed by atoms with van der Waals surface area (Å²) < 4.78 is 26.6. The zero-order valence-electron chi connectivity index (χ0n) is 11.1. The third-order valence-electron chi connectivity index (χ3n) is 2.51. The SMILES string of the molecule is C=CCN(C)S(=O)(=O)c1cc(CNCCC)sc1Br. The quantitative estimate of drug-likeness (QED) is 0.568. The number of likely N-dealkylation sites (N-methyl/N-ethyl adjacent to an activating group) is 1. The molecule has 19 heavy (non-hydrogen) atoms. The molecule has 1 N–H and O–H groups in total. The van der Waals surface area contributed by atoms with Crippen molar-refractivity contribution in [1.29, 1.82) is 0 Å². The number of nitrogens with one attached hydrogen (secondary N) is 1. The van der Waals surface area contributed by atoms with E-state index >= 15 is 0 Å². The van der Waals surface area contributed by atoms with Crippen LogP contribution in [0, 0.1) is 0 Å². The Hall–Kier alpha value is -0.210. The maximum Gasteiger partial charge on any atom is 0.245 e. The van der Waals surface area contributed by atoms with Crippen molar-refractivity contribution in [2.75, 3.05) is 20.1 Å². The predicted molar refractivity (Wildman–Crippen MR) is 84.0 cm³/mol. The molecule has 0 saturated carbocycles. The molecule has 0 aromatic carbocycles. The Balaban J connectivity index is 2.91. The van der Waals surface area contributed by atoms with E-state index in [4.69, 9.17) is 0 Å². The largest absolute Gasteiger partial charge is 0.312 e. The average Bonchev–Trinajstić information content (AvgIpc) is 2.72. The topological polar surface area (TPSA) is 49.4 Å². The highest BCUT2D eigenvalue weighted by molar-refractivity contribution is 9.11. The van der Waals surface area contributed by atoms with Crippen molar-refractivity contribution in [2.45, 2.75) is 24.8 Å². The second-order valence-corrected chi connectivity index (χ2v) is 8.57. The van der Waals surface area contributed by atoms with Gasteiger partial charge in [0.2, 0.25) is 10.0 Å². The molecule has 1 rings (SSSR count). The molecule has 0 fully saturated rings. The van der Waals surface area contributed by atoms with Crippen LogP contribution in [0.2, 0.25) is 0 Å². The fraction of sp³-hybridized carbons (Fsp3) is 0.500. The first-order valence-corrected chi connectivity index (χ1v) is 9.04. The molecule has 1 aromatic heterocycles. The first-order chi connectivity index (χ1) is 8.93. The summed E-state index contributed by atoms with van der Waals surface area (Å²) in [7, 11) is -1.89. The third-order valence-corrected chi connectivity index (χ3v) is 6.58. The van der Waals surface area contributed by atoms with E-state index < -0.39 is 10.0 Å². The van der Waals surface area contributed by atoms with E-state index in [1.807, 2.05) is 0 Å². The molecule has 108 valence electrons. The van der Waals surface area contributed by atoms with Gasteiger partial charge in [-0.3, -0.25) is 0 Å². The van der Waals surface area contributed by atoms with E-state index in [0.717, 1.165) is 17.8 Å². The highest BCUT2D eigenvalue weighted by Crippen LogP contribution is 2.33. The highest BCUT2D eigenvalue weighted by Gasteiger charge is 2.24. The molecule has 7 heteroatoms. The van der Waals surface area contributed by atoms with E-state index in [9.17, 15) is 8.42 Å². The Morgan fingerprint density at radius 2 is 2.26 bits per heavy atom. The third kappa shape index (κ3) is 4.39. The summed E-state index contributed by atoms with van der Waals surface area (Å²) >= 11 is 4.79. The second-order valence-electron chi connectivity index (χ2n) is 4.10. The molecule has 4 nitrogen and oxygen atoms in total. The van der Waals surface area contributed by atoms with Crippen molar-refractivity contribution in [3.63, 3.8) is 0 Å². The molecule has 1 heterocycles.